The topological polar surface area (TPSA) is 51.8 Å². The molecule has 4 nitrogen and oxygen atoms in total. The van der Waals surface area contributed by atoms with E-state index in [4.69, 9.17) is 19.4 Å². The normalized spacial score (nSPS) is 15.4. The predicted molar refractivity (Wildman–Crippen MR) is 207 cm³/mol. The molecule has 0 saturated carbocycles. The van der Waals surface area contributed by atoms with E-state index in [1.807, 2.05) is 66.7 Å². The van der Waals surface area contributed by atoms with Gasteiger partial charge in [-0.2, -0.15) is 0 Å². The zero-order chi connectivity index (χ0) is 33.4. The summed E-state index contributed by atoms with van der Waals surface area (Å²) in [5.74, 6) is 1.91. The summed E-state index contributed by atoms with van der Waals surface area (Å²) >= 11 is 0. The Hall–Kier alpha value is -6.65. The van der Waals surface area contributed by atoms with E-state index >= 15 is 0 Å². The van der Waals surface area contributed by atoms with Crippen LogP contribution in [0.25, 0.3) is 83.8 Å². The Kier molecular flexibility index (Phi) is 7.33. The van der Waals surface area contributed by atoms with Gasteiger partial charge >= 0.3 is 0 Å². The lowest BCUT2D eigenvalue weighted by molar-refractivity contribution is 0.669. The summed E-state index contributed by atoms with van der Waals surface area (Å²) in [6.45, 7) is 4.31. The quantitative estimate of drug-likeness (QED) is 0.192. The highest BCUT2D eigenvalue weighted by Crippen LogP contribution is 2.38. The van der Waals surface area contributed by atoms with Gasteiger partial charge in [-0.1, -0.05) is 140 Å². The fourth-order valence-electron chi connectivity index (χ4n) is 6.79. The van der Waals surface area contributed by atoms with Crippen molar-refractivity contribution < 1.29 is 4.42 Å². The van der Waals surface area contributed by atoms with Crippen molar-refractivity contribution in [2.75, 3.05) is 0 Å². The Labute approximate surface area is 290 Å². The molecule has 0 amide bonds. The van der Waals surface area contributed by atoms with Crippen LogP contribution in [0.15, 0.2) is 169 Å². The second-order valence-corrected chi connectivity index (χ2v) is 12.5. The molecule has 0 bridgehead atoms. The first-order valence-electron chi connectivity index (χ1n) is 16.8. The lowest BCUT2D eigenvalue weighted by Gasteiger charge is -2.13. The molecule has 0 unspecified atom stereocenters. The fourth-order valence-corrected chi connectivity index (χ4v) is 6.79. The molecule has 1 aliphatic rings. The van der Waals surface area contributed by atoms with Crippen LogP contribution in [0.5, 0.6) is 0 Å². The number of furan rings is 1. The highest BCUT2D eigenvalue weighted by atomic mass is 16.3. The van der Waals surface area contributed by atoms with Crippen molar-refractivity contribution in [3.05, 3.63) is 181 Å². The minimum absolute atomic E-state index is 0.628. The Morgan fingerprint density at radius 1 is 0.540 bits per heavy atom. The zero-order valence-corrected chi connectivity index (χ0v) is 27.3. The van der Waals surface area contributed by atoms with Crippen molar-refractivity contribution in [1.29, 1.82) is 0 Å². The summed E-state index contributed by atoms with van der Waals surface area (Å²) < 4.78 is 6.20. The van der Waals surface area contributed by atoms with Crippen molar-refractivity contribution in [2.24, 2.45) is 0 Å². The van der Waals surface area contributed by atoms with Crippen LogP contribution >= 0.6 is 0 Å². The maximum absolute atomic E-state index is 6.20. The van der Waals surface area contributed by atoms with Gasteiger partial charge in [-0.3, -0.25) is 0 Å². The number of nitrogens with zero attached hydrogens (tertiary/aromatic N) is 3. The lowest BCUT2D eigenvalue weighted by atomic mass is 9.96. The summed E-state index contributed by atoms with van der Waals surface area (Å²) in [4.78, 5) is 15.3. The molecule has 236 valence electrons. The van der Waals surface area contributed by atoms with E-state index in [-0.39, 0.29) is 0 Å². The average Bonchev–Trinajstić information content (AvgIpc) is 3.56. The minimum Gasteiger partial charge on any atom is -0.456 e. The first-order valence-corrected chi connectivity index (χ1v) is 16.8. The predicted octanol–water partition coefficient (Wildman–Crippen LogP) is 12.0. The van der Waals surface area contributed by atoms with Gasteiger partial charge in [0.25, 0.3) is 0 Å². The molecule has 0 N–H and O–H groups in total. The summed E-state index contributed by atoms with van der Waals surface area (Å²) in [5.41, 5.74) is 10.0. The van der Waals surface area contributed by atoms with E-state index in [9.17, 15) is 0 Å². The molecule has 1 aliphatic carbocycles. The van der Waals surface area contributed by atoms with Gasteiger partial charge < -0.3 is 4.42 Å². The van der Waals surface area contributed by atoms with E-state index < -0.39 is 0 Å². The minimum atomic E-state index is 0.628. The number of hydrogen-bond acceptors (Lipinski definition) is 4. The maximum atomic E-state index is 6.20. The molecule has 8 aromatic rings. The van der Waals surface area contributed by atoms with E-state index in [1.54, 1.807) is 0 Å². The molecule has 0 spiro atoms. The van der Waals surface area contributed by atoms with Gasteiger partial charge in [0.15, 0.2) is 17.5 Å². The molecule has 2 heterocycles. The molecule has 0 aliphatic heterocycles. The summed E-state index contributed by atoms with van der Waals surface area (Å²) in [6, 6.07) is 46.0. The summed E-state index contributed by atoms with van der Waals surface area (Å²) in [5, 5.41) is 4.49. The second kappa shape index (κ2) is 12.4. The Balaban J connectivity index is 1.20. The molecular formula is C46H31N3O. The van der Waals surface area contributed by atoms with Crippen LogP contribution in [0.1, 0.15) is 23.4 Å². The molecule has 0 saturated heterocycles. The zero-order valence-electron chi connectivity index (χ0n) is 27.3. The Morgan fingerprint density at radius 2 is 1.24 bits per heavy atom. The first kappa shape index (κ1) is 29.5. The highest BCUT2D eigenvalue weighted by Gasteiger charge is 2.16. The smallest absolute Gasteiger partial charge is 0.164 e. The van der Waals surface area contributed by atoms with Crippen molar-refractivity contribution in [3.63, 3.8) is 0 Å². The molecule has 9 rings (SSSR count). The van der Waals surface area contributed by atoms with Gasteiger partial charge in [-0.15, -0.1) is 0 Å². The monoisotopic (exact) mass is 641 g/mol. The molecule has 0 atom stereocenters. The van der Waals surface area contributed by atoms with E-state index in [0.717, 1.165) is 77.2 Å². The van der Waals surface area contributed by atoms with Crippen LogP contribution in [0.2, 0.25) is 0 Å². The number of fused-ring (bicyclic) bond motifs is 5. The Morgan fingerprint density at radius 3 is 2.14 bits per heavy atom. The molecule has 0 fully saturated rings. The highest BCUT2D eigenvalue weighted by molar-refractivity contribution is 6.13. The number of rotatable bonds is 4. The number of para-hydroxylation sites is 1. The average molecular weight is 642 g/mol. The van der Waals surface area contributed by atoms with E-state index in [0.29, 0.717) is 23.9 Å². The number of hydrogen-bond donors (Lipinski definition) is 0. The molecule has 50 heavy (non-hydrogen) atoms. The van der Waals surface area contributed by atoms with E-state index in [1.165, 1.54) is 0 Å². The third-order valence-corrected chi connectivity index (χ3v) is 9.29. The number of allylic oxidation sites excluding steroid dienone is 6. The third-order valence-electron chi connectivity index (χ3n) is 9.29. The van der Waals surface area contributed by atoms with Gasteiger partial charge in [0.2, 0.25) is 0 Å². The van der Waals surface area contributed by atoms with Gasteiger partial charge in [0.1, 0.15) is 11.2 Å². The molecule has 0 radical (unpaired) electrons. The van der Waals surface area contributed by atoms with Gasteiger partial charge in [0, 0.05) is 27.5 Å². The number of aromatic nitrogens is 3. The van der Waals surface area contributed by atoms with Crippen LogP contribution < -0.4 is 0 Å². The summed E-state index contributed by atoms with van der Waals surface area (Å²) in [7, 11) is 0. The fraction of sp³-hybridized carbons (Fsp3) is 0.0217. The second-order valence-electron chi connectivity index (χ2n) is 12.5. The summed E-state index contributed by atoms with van der Waals surface area (Å²) in [6.07, 6.45) is 11.1. The molecule has 4 heteroatoms. The van der Waals surface area contributed by atoms with Gasteiger partial charge in [-0.05, 0) is 75.4 Å². The standard InChI is InChI=1S/C46H31N3O/c1-30-13-4-2-7-17-35(27-33-16-8-9-18-38(30)33)45-47-44(32-14-5-3-6-15-32)48-46(49-45)36-26-24-31-23-25-34(28-37(31)29-36)39-20-12-22-42-43(39)40-19-10-11-21-41(40)50-42/h2-16,18-29H,1,17H2/b7-2-,13-4-,35-27+. The number of benzene rings is 6. The van der Waals surface area contributed by atoms with Gasteiger partial charge in [-0.25, -0.2) is 15.0 Å². The van der Waals surface area contributed by atoms with Gasteiger partial charge in [0.05, 0.1) is 0 Å². The SMILES string of the molecule is C=C1/C=C\C=C/C/C(c2nc(-c3ccccc3)nc(-c3ccc4ccc(-c5cccc6oc7ccccc7c56)cc4c3)n2)=C\c2ccccc21. The van der Waals surface area contributed by atoms with Crippen molar-refractivity contribution in [1.82, 2.24) is 15.0 Å². The first-order chi connectivity index (χ1) is 24.7. The van der Waals surface area contributed by atoms with Crippen molar-refractivity contribution in [3.8, 4) is 33.9 Å². The molecule has 2 aromatic heterocycles. The Bertz CT molecular complexity index is 2700. The van der Waals surface area contributed by atoms with Crippen LogP contribution in [0, 0.1) is 0 Å². The lowest BCUT2D eigenvalue weighted by Crippen LogP contribution is -2.03. The largest absolute Gasteiger partial charge is 0.456 e. The molecule has 6 aromatic carbocycles. The van der Waals surface area contributed by atoms with Crippen LogP contribution in [-0.2, 0) is 0 Å². The van der Waals surface area contributed by atoms with Crippen molar-refractivity contribution >= 4 is 49.9 Å². The molecular weight excluding hydrogens is 611 g/mol. The van der Waals surface area contributed by atoms with Crippen LogP contribution in [0.4, 0.5) is 0 Å². The van der Waals surface area contributed by atoms with E-state index in [2.05, 4.69) is 104 Å². The van der Waals surface area contributed by atoms with Crippen LogP contribution in [0.3, 0.4) is 0 Å². The maximum Gasteiger partial charge on any atom is 0.164 e. The third kappa shape index (κ3) is 5.43. The van der Waals surface area contributed by atoms with Crippen LogP contribution in [-0.4, -0.2) is 15.0 Å². The van der Waals surface area contributed by atoms with Crippen molar-refractivity contribution in [2.45, 2.75) is 6.42 Å².